The minimum absolute atomic E-state index is 0.299. The van der Waals surface area contributed by atoms with Crippen LogP contribution in [0.15, 0.2) is 0 Å². The Morgan fingerprint density at radius 3 is 2.46 bits per heavy atom. The van der Waals surface area contributed by atoms with E-state index in [0.29, 0.717) is 34.4 Å². The molecule has 1 unspecified atom stereocenters. The van der Waals surface area contributed by atoms with Crippen molar-refractivity contribution in [2.45, 2.75) is 112 Å². The summed E-state index contributed by atoms with van der Waals surface area (Å²) < 4.78 is 0. The number of hydrogen-bond acceptors (Lipinski definition) is 1. The quantitative estimate of drug-likeness (QED) is 0.473. The zero-order valence-electron chi connectivity index (χ0n) is 19.4. The Kier molecular flexibility index (Phi) is 5.78. The van der Waals surface area contributed by atoms with Crippen LogP contribution >= 0.6 is 0 Å². The lowest BCUT2D eigenvalue weighted by atomic mass is 9.44. The van der Waals surface area contributed by atoms with Crippen LogP contribution in [-0.4, -0.2) is 5.78 Å². The molecule has 28 heavy (non-hydrogen) atoms. The SMILES string of the molecule is CC(C)CCC[C@@H](C)[C@H]1CC(=O)[C@H]2[C@@H]3CCC4CCCC[C@]4(C)[C@H]3CC[C@]12C. The van der Waals surface area contributed by atoms with Gasteiger partial charge in [-0.2, -0.15) is 0 Å². The Morgan fingerprint density at radius 1 is 0.929 bits per heavy atom. The van der Waals surface area contributed by atoms with E-state index < -0.39 is 0 Å². The van der Waals surface area contributed by atoms with Crippen molar-refractivity contribution >= 4 is 5.78 Å². The average Bonchev–Trinajstić information content (AvgIpc) is 2.92. The van der Waals surface area contributed by atoms with Gasteiger partial charge in [0.25, 0.3) is 0 Å². The first-order valence-corrected chi connectivity index (χ1v) is 12.8. The predicted molar refractivity (Wildman–Crippen MR) is 118 cm³/mol. The number of Topliss-reactive ketones (excluding diaryl/α,β-unsaturated/α-hetero) is 1. The van der Waals surface area contributed by atoms with Crippen LogP contribution in [0.4, 0.5) is 0 Å². The van der Waals surface area contributed by atoms with Crippen LogP contribution in [0.1, 0.15) is 112 Å². The van der Waals surface area contributed by atoms with E-state index in [1.54, 1.807) is 0 Å². The molecule has 4 aliphatic carbocycles. The van der Waals surface area contributed by atoms with Crippen molar-refractivity contribution in [1.29, 1.82) is 0 Å². The first-order chi connectivity index (χ1) is 13.3. The maximum absolute atomic E-state index is 13.4. The molecular weight excluding hydrogens is 340 g/mol. The van der Waals surface area contributed by atoms with Crippen molar-refractivity contribution < 1.29 is 4.79 Å². The van der Waals surface area contributed by atoms with Gasteiger partial charge in [-0.05, 0) is 84.9 Å². The molecule has 0 aromatic carbocycles. The molecular formula is C27H46O. The second-order valence-electron chi connectivity index (χ2n) is 12.4. The highest BCUT2D eigenvalue weighted by Gasteiger charge is 2.62. The average molecular weight is 387 g/mol. The summed E-state index contributed by atoms with van der Waals surface area (Å²) in [4.78, 5) is 13.4. The van der Waals surface area contributed by atoms with Crippen molar-refractivity contribution in [3.8, 4) is 0 Å². The summed E-state index contributed by atoms with van der Waals surface area (Å²) in [5.41, 5.74) is 0.844. The lowest BCUT2D eigenvalue weighted by Gasteiger charge is -2.60. The lowest BCUT2D eigenvalue weighted by Crippen LogP contribution is -2.54. The zero-order valence-corrected chi connectivity index (χ0v) is 19.4. The lowest BCUT2D eigenvalue weighted by molar-refractivity contribution is -0.141. The van der Waals surface area contributed by atoms with Crippen LogP contribution in [0.3, 0.4) is 0 Å². The molecule has 0 radical (unpaired) electrons. The summed E-state index contributed by atoms with van der Waals surface area (Å²) in [5, 5.41) is 0. The van der Waals surface area contributed by atoms with Crippen molar-refractivity contribution in [1.82, 2.24) is 0 Å². The number of carbonyl (C=O) groups excluding carboxylic acids is 1. The fourth-order valence-electron chi connectivity index (χ4n) is 9.03. The minimum Gasteiger partial charge on any atom is -0.299 e. The van der Waals surface area contributed by atoms with Crippen molar-refractivity contribution in [2.75, 3.05) is 0 Å². The van der Waals surface area contributed by atoms with Gasteiger partial charge in [-0.15, -0.1) is 0 Å². The van der Waals surface area contributed by atoms with E-state index in [2.05, 4.69) is 34.6 Å². The topological polar surface area (TPSA) is 17.1 Å². The van der Waals surface area contributed by atoms with Crippen molar-refractivity contribution in [2.24, 2.45) is 52.3 Å². The first kappa shape index (κ1) is 20.9. The zero-order chi connectivity index (χ0) is 20.1. The standard InChI is InChI=1S/C27H46O/c1-18(2)9-8-10-19(3)23-17-24(28)25-21-13-12-20-11-6-7-15-26(20,4)22(21)14-16-27(23,25)5/h18-23,25H,6-17H2,1-5H3/t19-,20?,21-,22+,23-,25-,26+,27-/m1/s1. The van der Waals surface area contributed by atoms with Gasteiger partial charge in [-0.3, -0.25) is 4.79 Å². The summed E-state index contributed by atoms with van der Waals surface area (Å²) in [7, 11) is 0. The molecule has 0 saturated heterocycles. The molecule has 4 fully saturated rings. The van der Waals surface area contributed by atoms with Crippen LogP contribution in [0.2, 0.25) is 0 Å². The van der Waals surface area contributed by atoms with Gasteiger partial charge in [0.15, 0.2) is 0 Å². The molecule has 1 nitrogen and oxygen atoms in total. The Labute approximate surface area is 174 Å². The molecule has 160 valence electrons. The van der Waals surface area contributed by atoms with E-state index in [9.17, 15) is 4.79 Å². The molecule has 4 saturated carbocycles. The molecule has 0 heterocycles. The number of carbonyl (C=O) groups is 1. The number of rotatable bonds is 5. The highest BCUT2D eigenvalue weighted by molar-refractivity contribution is 5.85. The molecule has 0 aromatic heterocycles. The van der Waals surface area contributed by atoms with Gasteiger partial charge in [0.1, 0.15) is 5.78 Å². The fraction of sp³-hybridized carbons (Fsp3) is 0.963. The predicted octanol–water partition coefficient (Wildman–Crippen LogP) is 7.68. The maximum atomic E-state index is 13.4. The highest BCUT2D eigenvalue weighted by Crippen LogP contribution is 2.67. The summed E-state index contributed by atoms with van der Waals surface area (Å²) >= 11 is 0. The molecule has 1 heteroatoms. The van der Waals surface area contributed by atoms with Gasteiger partial charge >= 0.3 is 0 Å². The third kappa shape index (κ3) is 3.31. The molecule has 0 amide bonds. The van der Waals surface area contributed by atoms with Gasteiger partial charge < -0.3 is 0 Å². The van der Waals surface area contributed by atoms with E-state index in [-0.39, 0.29) is 0 Å². The van der Waals surface area contributed by atoms with Gasteiger partial charge in [0, 0.05) is 12.3 Å². The fourth-order valence-corrected chi connectivity index (χ4v) is 9.03. The van der Waals surface area contributed by atoms with E-state index in [1.165, 1.54) is 70.6 Å². The third-order valence-corrected chi connectivity index (χ3v) is 10.5. The number of ketones is 1. The van der Waals surface area contributed by atoms with Crippen molar-refractivity contribution in [3.05, 3.63) is 0 Å². The number of fused-ring (bicyclic) bond motifs is 5. The molecule has 0 aliphatic heterocycles. The third-order valence-electron chi connectivity index (χ3n) is 10.5. The molecule has 4 rings (SSSR count). The van der Waals surface area contributed by atoms with E-state index in [0.717, 1.165) is 30.1 Å². The molecule has 0 spiro atoms. The Balaban J connectivity index is 1.52. The number of hydrogen-bond donors (Lipinski definition) is 0. The summed E-state index contributed by atoms with van der Waals surface area (Å²) in [5.74, 6) is 5.73. The second kappa shape index (κ2) is 7.73. The van der Waals surface area contributed by atoms with Crippen molar-refractivity contribution in [3.63, 3.8) is 0 Å². The molecule has 0 aromatic rings. The monoisotopic (exact) mass is 386 g/mol. The van der Waals surface area contributed by atoms with Crippen LogP contribution < -0.4 is 0 Å². The smallest absolute Gasteiger partial charge is 0.137 e. The Hall–Kier alpha value is -0.330. The van der Waals surface area contributed by atoms with Gasteiger partial charge in [0.05, 0.1) is 0 Å². The summed E-state index contributed by atoms with van der Waals surface area (Å²) in [6.45, 7) is 12.3. The summed E-state index contributed by atoms with van der Waals surface area (Å²) in [6.07, 6.45) is 16.2. The Bertz CT molecular complexity index is 579. The van der Waals surface area contributed by atoms with E-state index in [1.807, 2.05) is 0 Å². The van der Waals surface area contributed by atoms with Crippen LogP contribution in [0, 0.1) is 52.3 Å². The molecule has 0 N–H and O–H groups in total. The van der Waals surface area contributed by atoms with Crippen LogP contribution in [-0.2, 0) is 4.79 Å². The van der Waals surface area contributed by atoms with E-state index in [4.69, 9.17) is 0 Å². The largest absolute Gasteiger partial charge is 0.299 e. The van der Waals surface area contributed by atoms with Crippen LogP contribution in [0.5, 0.6) is 0 Å². The van der Waals surface area contributed by atoms with Gasteiger partial charge in [-0.25, -0.2) is 0 Å². The minimum atomic E-state index is 0.299. The maximum Gasteiger partial charge on any atom is 0.137 e. The van der Waals surface area contributed by atoms with Gasteiger partial charge in [-0.1, -0.05) is 66.7 Å². The molecule has 4 aliphatic rings. The first-order valence-electron chi connectivity index (χ1n) is 12.8. The molecule has 0 bridgehead atoms. The molecule has 8 atom stereocenters. The summed E-state index contributed by atoms with van der Waals surface area (Å²) in [6, 6.07) is 0. The normalized spacial score (nSPS) is 46.8. The van der Waals surface area contributed by atoms with Gasteiger partial charge in [0.2, 0.25) is 0 Å². The van der Waals surface area contributed by atoms with E-state index >= 15 is 0 Å². The van der Waals surface area contributed by atoms with Crippen LogP contribution in [0.25, 0.3) is 0 Å². The Morgan fingerprint density at radius 2 is 1.71 bits per heavy atom. The second-order valence-corrected chi connectivity index (χ2v) is 12.4. The highest BCUT2D eigenvalue weighted by atomic mass is 16.1.